The normalized spacial score (nSPS) is 9.42. The van der Waals surface area contributed by atoms with Crippen molar-refractivity contribution in [2.24, 2.45) is 0 Å². The van der Waals surface area contributed by atoms with Gasteiger partial charge in [-0.1, -0.05) is 51.9 Å². The molecule has 0 saturated heterocycles. The Kier molecular flexibility index (Phi) is 20.7. The van der Waals surface area contributed by atoms with Gasteiger partial charge < -0.3 is 4.57 Å². The molecule has 0 aromatic carbocycles. The van der Waals surface area contributed by atoms with Gasteiger partial charge in [0, 0.05) is 18.9 Å². The van der Waals surface area contributed by atoms with Gasteiger partial charge in [-0.25, -0.2) is 4.98 Å². The summed E-state index contributed by atoms with van der Waals surface area (Å²) in [6, 6.07) is 0. The molecular formula is C13H26Cl2N2OSe. The van der Waals surface area contributed by atoms with Crippen LogP contribution in [0.4, 0.5) is 0 Å². The van der Waals surface area contributed by atoms with Crippen LogP contribution in [0.25, 0.3) is 0 Å². The van der Waals surface area contributed by atoms with Gasteiger partial charge in [-0.05, 0) is 6.42 Å². The number of imidazole rings is 1. The second kappa shape index (κ2) is 18.3. The molecule has 0 bridgehead atoms. The number of rotatable bonds is 9. The average Bonchev–Trinajstić information content (AvgIpc) is 2.87. The minimum absolute atomic E-state index is 0. The van der Waals surface area contributed by atoms with Crippen LogP contribution in [0, 0.1) is 0 Å². The topological polar surface area (TPSA) is 27.1 Å². The zero-order valence-electron chi connectivity index (χ0n) is 11.7. The molecule has 6 heteroatoms. The van der Waals surface area contributed by atoms with Crippen LogP contribution >= 0.6 is 23.7 Å². The number of nitrogens with zero attached hydrogens (tertiary/aromatic N) is 2. The summed E-state index contributed by atoms with van der Waals surface area (Å²) in [6.07, 6.45) is 16.9. The molecule has 0 aliphatic carbocycles. The molecule has 1 aromatic rings. The number of halogens is 2. The number of aromatic nitrogens is 2. The van der Waals surface area contributed by atoms with Crippen molar-refractivity contribution in [1.82, 2.24) is 9.55 Å². The first-order chi connectivity index (χ1) is 8.85. The predicted molar refractivity (Wildman–Crippen MR) is 86.2 cm³/mol. The maximum absolute atomic E-state index is 4.26. The van der Waals surface area contributed by atoms with Crippen molar-refractivity contribution < 1.29 is 3.84 Å². The Labute approximate surface area is 137 Å². The van der Waals surface area contributed by atoms with Crippen LogP contribution in [0.1, 0.15) is 58.3 Å². The fraction of sp³-hybridized carbons (Fsp3) is 0.769. The molecule has 0 aliphatic rings. The van der Waals surface area contributed by atoms with Crippen molar-refractivity contribution in [3.8, 4) is 0 Å². The number of unbranched alkanes of at least 4 members (excludes halogenated alkanes) is 7. The van der Waals surface area contributed by atoms with E-state index < -0.39 is 0 Å². The Hall–Kier alpha value is 0.269. The molecule has 0 atom stereocenters. The van der Waals surface area contributed by atoms with Gasteiger partial charge in [0.05, 0.1) is 30.1 Å². The van der Waals surface area contributed by atoms with E-state index in [2.05, 4.69) is 44.0 Å². The standard InChI is InChI=1S/C13H24N2.Cl2O.H2Se/c1-2-3-4-5-6-7-8-9-11-15-12-10-14-13-15;1-3-2;/h10,12-13H,2-9,11H2,1H3;;1H2. The van der Waals surface area contributed by atoms with E-state index in [1.807, 2.05) is 18.7 Å². The zero-order chi connectivity index (χ0) is 13.5. The van der Waals surface area contributed by atoms with E-state index in [1.165, 1.54) is 51.4 Å². The van der Waals surface area contributed by atoms with Gasteiger partial charge in [-0.15, -0.1) is 0 Å². The van der Waals surface area contributed by atoms with Gasteiger partial charge in [-0.3, -0.25) is 0 Å². The van der Waals surface area contributed by atoms with Crippen LogP contribution in [0.5, 0.6) is 0 Å². The molecule has 114 valence electrons. The average molecular weight is 376 g/mol. The van der Waals surface area contributed by atoms with Crippen molar-refractivity contribution in [3.63, 3.8) is 0 Å². The summed E-state index contributed by atoms with van der Waals surface area (Å²) < 4.78 is 5.36. The molecule has 19 heavy (non-hydrogen) atoms. The van der Waals surface area contributed by atoms with Crippen molar-refractivity contribution >= 4 is 40.8 Å². The van der Waals surface area contributed by atoms with Crippen LogP contribution in [0.15, 0.2) is 18.7 Å². The van der Waals surface area contributed by atoms with Gasteiger partial charge in [-0.2, -0.15) is 3.84 Å². The van der Waals surface area contributed by atoms with E-state index in [0.717, 1.165) is 6.54 Å². The summed E-state index contributed by atoms with van der Waals surface area (Å²) in [7, 11) is 0. The Morgan fingerprint density at radius 2 is 1.53 bits per heavy atom. The van der Waals surface area contributed by atoms with E-state index in [-0.39, 0.29) is 17.1 Å². The van der Waals surface area contributed by atoms with Gasteiger partial charge in [0.2, 0.25) is 0 Å². The SMILES string of the molecule is CCCCCCCCCCn1ccnc1.ClOCl.[SeH2]. The first-order valence-electron chi connectivity index (χ1n) is 6.70. The molecule has 0 spiro atoms. The van der Waals surface area contributed by atoms with Crippen LogP contribution in [0.3, 0.4) is 0 Å². The quantitative estimate of drug-likeness (QED) is 0.471. The Bertz CT molecular complexity index is 249. The molecule has 0 saturated carbocycles. The molecule has 0 aliphatic heterocycles. The molecule has 3 nitrogen and oxygen atoms in total. The summed E-state index contributed by atoms with van der Waals surface area (Å²) >= 11 is 8.53. The second-order valence-electron chi connectivity index (χ2n) is 4.33. The van der Waals surface area contributed by atoms with E-state index in [9.17, 15) is 0 Å². The van der Waals surface area contributed by atoms with Gasteiger partial charge in [0.1, 0.15) is 0 Å². The first-order valence-corrected chi connectivity index (χ1v) is 7.32. The van der Waals surface area contributed by atoms with Gasteiger partial charge in [0.25, 0.3) is 0 Å². The molecule has 0 N–H and O–H groups in total. The van der Waals surface area contributed by atoms with Crippen molar-refractivity contribution in [3.05, 3.63) is 18.7 Å². The zero-order valence-corrected chi connectivity index (χ0v) is 15.3. The number of hydrogen-bond acceptors (Lipinski definition) is 2. The Balaban J connectivity index is 0. The predicted octanol–water partition coefficient (Wildman–Crippen LogP) is 4.42. The van der Waals surface area contributed by atoms with Crippen molar-refractivity contribution in [1.29, 1.82) is 0 Å². The summed E-state index contributed by atoms with van der Waals surface area (Å²) in [4.78, 5) is 4.03. The fourth-order valence-corrected chi connectivity index (χ4v) is 1.85. The number of hydrogen-bond donors (Lipinski definition) is 0. The first kappa shape index (κ1) is 21.6. The third-order valence-corrected chi connectivity index (χ3v) is 2.83. The van der Waals surface area contributed by atoms with Crippen LogP contribution in [-0.4, -0.2) is 26.6 Å². The third kappa shape index (κ3) is 16.2. The molecule has 1 aromatic heterocycles. The van der Waals surface area contributed by atoms with Crippen molar-refractivity contribution in [2.75, 3.05) is 0 Å². The van der Waals surface area contributed by atoms with E-state index in [4.69, 9.17) is 0 Å². The molecular weight excluding hydrogens is 350 g/mol. The molecule has 0 radical (unpaired) electrons. The summed E-state index contributed by atoms with van der Waals surface area (Å²) in [5, 5.41) is 0. The van der Waals surface area contributed by atoms with Crippen LogP contribution in [-0.2, 0) is 10.4 Å². The minimum atomic E-state index is 0. The third-order valence-electron chi connectivity index (χ3n) is 2.83. The monoisotopic (exact) mass is 376 g/mol. The summed E-state index contributed by atoms with van der Waals surface area (Å²) in [6.45, 7) is 3.40. The molecule has 1 heterocycles. The van der Waals surface area contributed by atoms with E-state index >= 15 is 0 Å². The Morgan fingerprint density at radius 1 is 1.00 bits per heavy atom. The summed E-state index contributed by atoms with van der Waals surface area (Å²) in [5.74, 6) is 0. The summed E-state index contributed by atoms with van der Waals surface area (Å²) in [5.41, 5.74) is 0. The molecule has 0 unspecified atom stereocenters. The molecule has 1 rings (SSSR count). The van der Waals surface area contributed by atoms with Crippen molar-refractivity contribution in [2.45, 2.75) is 64.8 Å². The van der Waals surface area contributed by atoms with Gasteiger partial charge in [0.15, 0.2) is 0 Å². The van der Waals surface area contributed by atoms with Crippen LogP contribution < -0.4 is 0 Å². The maximum atomic E-state index is 4.26. The second-order valence-corrected chi connectivity index (χ2v) is 4.80. The fourth-order valence-electron chi connectivity index (χ4n) is 1.85. The molecule has 0 amide bonds. The van der Waals surface area contributed by atoms with Crippen LogP contribution in [0.2, 0.25) is 0 Å². The molecule has 0 fully saturated rings. The Morgan fingerprint density at radius 3 is 2.00 bits per heavy atom. The number of aryl methyl sites for hydroxylation is 1. The van der Waals surface area contributed by atoms with Gasteiger partial charge >= 0.3 is 17.1 Å². The van der Waals surface area contributed by atoms with E-state index in [1.54, 1.807) is 0 Å². The van der Waals surface area contributed by atoms with E-state index in [0.29, 0.717) is 0 Å².